The predicted molar refractivity (Wildman–Crippen MR) is 88.6 cm³/mol. The van der Waals surface area contributed by atoms with Crippen molar-refractivity contribution in [2.24, 2.45) is 5.92 Å². The summed E-state index contributed by atoms with van der Waals surface area (Å²) in [6, 6.07) is 6.60. The molecule has 124 valence electrons. The molecule has 1 aliphatic rings. The number of nitrogens with zero attached hydrogens (tertiary/aromatic N) is 2. The Balaban J connectivity index is 0.00000242. The molecule has 0 aromatic heterocycles. The largest absolute Gasteiger partial charge is 0.340 e. The lowest BCUT2D eigenvalue weighted by Crippen LogP contribution is -2.37. The topological polar surface area (TPSA) is 35.6 Å². The molecule has 6 heteroatoms. The van der Waals surface area contributed by atoms with E-state index in [0.29, 0.717) is 24.6 Å². The molecule has 0 radical (unpaired) electrons. The molecule has 0 spiro atoms. The maximum atomic E-state index is 13.6. The molecule has 0 saturated carbocycles. The van der Waals surface area contributed by atoms with Gasteiger partial charge in [0, 0.05) is 25.7 Å². The van der Waals surface area contributed by atoms with Crippen LogP contribution in [0.5, 0.6) is 0 Å². The molecular weight excluding hydrogens is 305 g/mol. The molecule has 1 atom stereocenters. The van der Waals surface area contributed by atoms with Crippen molar-refractivity contribution in [3.63, 3.8) is 0 Å². The van der Waals surface area contributed by atoms with Crippen LogP contribution in [0.15, 0.2) is 24.3 Å². The van der Waals surface area contributed by atoms with Crippen molar-refractivity contribution >= 4 is 18.3 Å². The Morgan fingerprint density at radius 2 is 2.18 bits per heavy atom. The van der Waals surface area contributed by atoms with Gasteiger partial charge >= 0.3 is 0 Å². The van der Waals surface area contributed by atoms with Crippen LogP contribution in [-0.2, 0) is 11.3 Å². The summed E-state index contributed by atoms with van der Waals surface area (Å²) in [4.78, 5) is 16.0. The van der Waals surface area contributed by atoms with E-state index < -0.39 is 0 Å². The van der Waals surface area contributed by atoms with Gasteiger partial charge in [-0.3, -0.25) is 9.69 Å². The first-order valence-corrected chi connectivity index (χ1v) is 7.44. The van der Waals surface area contributed by atoms with Gasteiger partial charge in [-0.15, -0.1) is 12.4 Å². The van der Waals surface area contributed by atoms with E-state index in [1.165, 1.54) is 6.07 Å². The summed E-state index contributed by atoms with van der Waals surface area (Å²) in [6.45, 7) is 3.66. The second kappa shape index (κ2) is 9.08. The first kappa shape index (κ1) is 18.9. The number of amides is 1. The van der Waals surface area contributed by atoms with Crippen molar-refractivity contribution in [3.05, 3.63) is 35.6 Å². The second-order valence-electron chi connectivity index (χ2n) is 5.79. The Labute approximate surface area is 138 Å². The predicted octanol–water partition coefficient (Wildman–Crippen LogP) is 1.75. The molecule has 1 aromatic carbocycles. The average Bonchev–Trinajstić information content (AvgIpc) is 2.89. The summed E-state index contributed by atoms with van der Waals surface area (Å²) in [7, 11) is 3.69. The highest BCUT2D eigenvalue weighted by Gasteiger charge is 2.24. The van der Waals surface area contributed by atoms with Gasteiger partial charge in [0.25, 0.3) is 0 Å². The van der Waals surface area contributed by atoms with E-state index in [9.17, 15) is 9.18 Å². The summed E-state index contributed by atoms with van der Waals surface area (Å²) >= 11 is 0. The highest BCUT2D eigenvalue weighted by molar-refractivity contribution is 5.85. The Kier molecular flexibility index (Phi) is 7.79. The van der Waals surface area contributed by atoms with Gasteiger partial charge in [0.2, 0.25) is 5.91 Å². The molecule has 1 unspecified atom stereocenters. The van der Waals surface area contributed by atoms with Crippen LogP contribution in [0.25, 0.3) is 0 Å². The number of carbonyl (C=O) groups is 1. The molecule has 1 saturated heterocycles. The van der Waals surface area contributed by atoms with Gasteiger partial charge in [-0.05, 0) is 38.5 Å². The highest BCUT2D eigenvalue weighted by atomic mass is 35.5. The van der Waals surface area contributed by atoms with Crippen molar-refractivity contribution in [1.29, 1.82) is 0 Å². The molecule has 0 bridgehead atoms. The van der Waals surface area contributed by atoms with Gasteiger partial charge in [-0.2, -0.15) is 0 Å². The average molecular weight is 330 g/mol. The number of likely N-dealkylation sites (tertiary alicyclic amines) is 1. The number of halogens is 2. The Bertz CT molecular complexity index is 486. The summed E-state index contributed by atoms with van der Waals surface area (Å²) in [6.07, 6.45) is 1.13. The Morgan fingerprint density at radius 1 is 1.45 bits per heavy atom. The van der Waals surface area contributed by atoms with Gasteiger partial charge in [-0.1, -0.05) is 18.2 Å². The summed E-state index contributed by atoms with van der Waals surface area (Å²) in [5.74, 6) is 0.412. The minimum atomic E-state index is -0.257. The van der Waals surface area contributed by atoms with E-state index in [4.69, 9.17) is 0 Å². The van der Waals surface area contributed by atoms with Crippen LogP contribution in [0.3, 0.4) is 0 Å². The van der Waals surface area contributed by atoms with E-state index in [1.54, 1.807) is 30.1 Å². The number of nitrogens with one attached hydrogen (secondary N) is 1. The molecule has 0 aliphatic carbocycles. The smallest absolute Gasteiger partial charge is 0.236 e. The van der Waals surface area contributed by atoms with Crippen molar-refractivity contribution in [3.8, 4) is 0 Å². The number of likely N-dealkylation sites (N-methyl/N-ethyl adjacent to an activating group) is 1. The normalized spacial score (nSPS) is 18.0. The van der Waals surface area contributed by atoms with Crippen LogP contribution in [0.1, 0.15) is 12.0 Å². The zero-order valence-corrected chi connectivity index (χ0v) is 14.0. The number of rotatable bonds is 6. The van der Waals surface area contributed by atoms with E-state index in [2.05, 4.69) is 10.2 Å². The number of benzene rings is 1. The van der Waals surface area contributed by atoms with Crippen LogP contribution in [0.4, 0.5) is 4.39 Å². The summed E-state index contributed by atoms with van der Waals surface area (Å²) in [5.41, 5.74) is 0.558. The maximum absolute atomic E-state index is 13.6. The first-order valence-electron chi connectivity index (χ1n) is 7.44. The van der Waals surface area contributed by atoms with Crippen molar-refractivity contribution in [2.75, 3.05) is 40.3 Å². The minimum Gasteiger partial charge on any atom is -0.340 e. The van der Waals surface area contributed by atoms with E-state index in [1.807, 2.05) is 7.05 Å². The minimum absolute atomic E-state index is 0. The fraction of sp³-hybridized carbons (Fsp3) is 0.562. The molecule has 1 amide bonds. The molecule has 2 rings (SSSR count). The van der Waals surface area contributed by atoms with Crippen LogP contribution >= 0.6 is 12.4 Å². The lowest BCUT2D eigenvalue weighted by atomic mass is 10.1. The lowest BCUT2D eigenvalue weighted by molar-refractivity contribution is -0.131. The monoisotopic (exact) mass is 329 g/mol. The summed E-state index contributed by atoms with van der Waals surface area (Å²) < 4.78 is 13.6. The third-order valence-corrected chi connectivity index (χ3v) is 4.01. The molecule has 22 heavy (non-hydrogen) atoms. The van der Waals surface area contributed by atoms with Gasteiger partial charge < -0.3 is 10.2 Å². The fourth-order valence-electron chi connectivity index (χ4n) is 2.79. The van der Waals surface area contributed by atoms with E-state index in [0.717, 1.165) is 26.1 Å². The molecule has 1 aromatic rings. The van der Waals surface area contributed by atoms with E-state index >= 15 is 0 Å². The molecule has 1 heterocycles. The van der Waals surface area contributed by atoms with E-state index in [-0.39, 0.29) is 24.1 Å². The fourth-order valence-corrected chi connectivity index (χ4v) is 2.79. The van der Waals surface area contributed by atoms with Gasteiger partial charge in [0.15, 0.2) is 0 Å². The third kappa shape index (κ3) is 5.23. The molecular formula is C16H25ClFN3O. The number of hydrogen-bond acceptors (Lipinski definition) is 3. The van der Waals surface area contributed by atoms with Crippen molar-refractivity contribution in [2.45, 2.75) is 13.0 Å². The summed E-state index contributed by atoms with van der Waals surface area (Å²) in [5, 5.41) is 3.18. The number of carbonyl (C=O) groups excluding carboxylic acids is 1. The number of hydrogen-bond donors (Lipinski definition) is 1. The second-order valence-corrected chi connectivity index (χ2v) is 5.79. The van der Waals surface area contributed by atoms with Crippen LogP contribution < -0.4 is 5.32 Å². The Morgan fingerprint density at radius 3 is 2.86 bits per heavy atom. The van der Waals surface area contributed by atoms with Gasteiger partial charge in [0.1, 0.15) is 5.82 Å². The quantitative estimate of drug-likeness (QED) is 0.863. The van der Waals surface area contributed by atoms with Crippen LogP contribution in [-0.4, -0.2) is 56.0 Å². The first-order chi connectivity index (χ1) is 10.1. The zero-order valence-electron chi connectivity index (χ0n) is 13.2. The third-order valence-electron chi connectivity index (χ3n) is 4.01. The maximum Gasteiger partial charge on any atom is 0.236 e. The SMILES string of the molecule is CNCC1CCN(CC(=O)N(C)Cc2ccccc2F)C1.Cl. The standard InChI is InChI=1S/C16H24FN3O.ClH/c1-18-9-13-7-8-20(10-13)12-16(21)19(2)11-14-5-3-4-6-15(14)17;/h3-6,13,18H,7-12H2,1-2H3;1H. The van der Waals surface area contributed by atoms with Crippen molar-refractivity contribution in [1.82, 2.24) is 15.1 Å². The van der Waals surface area contributed by atoms with Gasteiger partial charge in [-0.25, -0.2) is 4.39 Å². The highest BCUT2D eigenvalue weighted by Crippen LogP contribution is 2.15. The van der Waals surface area contributed by atoms with Gasteiger partial charge in [0.05, 0.1) is 6.54 Å². The molecule has 1 aliphatic heterocycles. The molecule has 1 fully saturated rings. The zero-order chi connectivity index (χ0) is 15.2. The van der Waals surface area contributed by atoms with Crippen molar-refractivity contribution < 1.29 is 9.18 Å². The lowest BCUT2D eigenvalue weighted by Gasteiger charge is -2.22. The molecule has 1 N–H and O–H groups in total. The van der Waals surface area contributed by atoms with Crippen LogP contribution in [0, 0.1) is 11.7 Å². The Hall–Kier alpha value is -1.17. The van der Waals surface area contributed by atoms with Crippen LogP contribution in [0.2, 0.25) is 0 Å². The molecule has 4 nitrogen and oxygen atoms in total.